The van der Waals surface area contributed by atoms with Crippen LogP contribution < -0.4 is 26.5 Å². The van der Waals surface area contributed by atoms with Gasteiger partial charge in [0, 0.05) is 5.66 Å². The molecule has 1 fully saturated rings. The van der Waals surface area contributed by atoms with Crippen LogP contribution in [0.5, 0.6) is 0 Å². The van der Waals surface area contributed by atoms with Crippen LogP contribution in [0.2, 0.25) is 0 Å². The van der Waals surface area contributed by atoms with Crippen LogP contribution in [-0.2, 0) is 12.8 Å². The van der Waals surface area contributed by atoms with Gasteiger partial charge < -0.3 is 0 Å². The van der Waals surface area contributed by atoms with Crippen LogP contribution in [0, 0.1) is 0 Å². The number of aryl methyl sites for hydroxylation is 1. The molecule has 8 rings (SSSR count). The molecular formula is C44H42P2. The molecule has 2 heteroatoms. The lowest BCUT2D eigenvalue weighted by Gasteiger charge is -2.40. The minimum absolute atomic E-state index is 0.451. The van der Waals surface area contributed by atoms with Gasteiger partial charge in [-0.25, -0.2) is 0 Å². The molecule has 0 aliphatic heterocycles. The first-order valence-corrected chi connectivity index (χ1v) is 20.0. The predicted octanol–water partition coefficient (Wildman–Crippen LogP) is 9.48. The second-order valence-corrected chi connectivity index (χ2v) is 17.5. The molecule has 1 atom stereocenters. The molecule has 0 unspecified atom stereocenters. The third-order valence-corrected chi connectivity index (χ3v) is 15.5. The zero-order valence-corrected chi connectivity index (χ0v) is 28.4. The van der Waals surface area contributed by atoms with E-state index in [1.807, 2.05) is 0 Å². The Balaban J connectivity index is 1.43. The van der Waals surface area contributed by atoms with Gasteiger partial charge in [-0.05, 0) is 134 Å². The van der Waals surface area contributed by atoms with Gasteiger partial charge in [0.1, 0.15) is 0 Å². The third-order valence-electron chi connectivity index (χ3n) is 10.2. The molecule has 0 nitrogen and oxygen atoms in total. The van der Waals surface area contributed by atoms with Crippen molar-refractivity contribution < 1.29 is 0 Å². The van der Waals surface area contributed by atoms with Crippen molar-refractivity contribution in [1.82, 2.24) is 0 Å². The Morgan fingerprint density at radius 2 is 1.00 bits per heavy atom. The third kappa shape index (κ3) is 5.77. The van der Waals surface area contributed by atoms with Gasteiger partial charge in [0.15, 0.2) is 0 Å². The molecular weight excluding hydrogens is 590 g/mol. The molecule has 5 aromatic rings. The van der Waals surface area contributed by atoms with Crippen LogP contribution in [0.1, 0.15) is 61.6 Å². The molecule has 3 aliphatic carbocycles. The van der Waals surface area contributed by atoms with E-state index in [9.17, 15) is 0 Å². The fourth-order valence-electron chi connectivity index (χ4n) is 8.16. The van der Waals surface area contributed by atoms with Crippen LogP contribution in [0.3, 0.4) is 0 Å². The Morgan fingerprint density at radius 1 is 0.478 bits per heavy atom. The largest absolute Gasteiger partial charge is 0.0800 e. The standard InChI is InChI=1S/C44H42P2/c1-5-19-35(20-6-1)45(36-21-7-2-8-22-36)41-31-29-33-17-13-15-27-39(33)43(41)44-40-28-16-14-18-34(40)30-32-42(44)46(37-23-9-3-10-24-37)38-25-11-4-12-26-38/h1-12,19-26,29-31,42H,13-18,27-28,32H2/t42-/m1/s1. The lowest BCUT2D eigenvalue weighted by Crippen LogP contribution is -2.31. The van der Waals surface area contributed by atoms with Gasteiger partial charge in [0.2, 0.25) is 0 Å². The molecule has 0 N–H and O–H groups in total. The second kappa shape index (κ2) is 13.7. The molecule has 0 amide bonds. The van der Waals surface area contributed by atoms with E-state index >= 15 is 0 Å². The molecule has 3 aliphatic rings. The van der Waals surface area contributed by atoms with Crippen molar-refractivity contribution in [2.24, 2.45) is 0 Å². The van der Waals surface area contributed by atoms with Gasteiger partial charge in [-0.1, -0.05) is 140 Å². The SMILES string of the molecule is C1=C2CCCCC2=C(c2c(P(c3ccccc3)c3ccccc3)ccc3c2CCCC3)[C@H](P(c2ccccc2)c2ccccc2)C1. The summed E-state index contributed by atoms with van der Waals surface area (Å²) in [5.74, 6) is 0. The number of hydrogen-bond acceptors (Lipinski definition) is 0. The van der Waals surface area contributed by atoms with E-state index in [0.717, 1.165) is 6.42 Å². The minimum atomic E-state index is -0.725. The monoisotopic (exact) mass is 632 g/mol. The maximum Gasteiger partial charge on any atom is 0.0166 e. The number of hydrogen-bond donors (Lipinski definition) is 0. The molecule has 1 saturated carbocycles. The number of allylic oxidation sites excluding steroid dienone is 4. The second-order valence-electron chi connectivity index (χ2n) is 12.9. The van der Waals surface area contributed by atoms with Gasteiger partial charge in [0.25, 0.3) is 0 Å². The van der Waals surface area contributed by atoms with Crippen molar-refractivity contribution in [2.45, 2.75) is 63.4 Å². The molecule has 0 spiro atoms. The van der Waals surface area contributed by atoms with Crippen LogP contribution in [-0.4, -0.2) is 5.66 Å². The quantitative estimate of drug-likeness (QED) is 0.157. The van der Waals surface area contributed by atoms with Crippen LogP contribution in [0.25, 0.3) is 5.57 Å². The first-order valence-electron chi connectivity index (χ1n) is 17.2. The molecule has 0 aromatic heterocycles. The first-order chi connectivity index (χ1) is 22.9. The van der Waals surface area contributed by atoms with Crippen LogP contribution in [0.15, 0.2) is 151 Å². The number of rotatable bonds is 7. The summed E-state index contributed by atoms with van der Waals surface area (Å²) in [7, 11) is -1.34. The fourth-order valence-corrected chi connectivity index (χ4v) is 13.5. The maximum atomic E-state index is 2.66. The Labute approximate surface area is 277 Å². The highest BCUT2D eigenvalue weighted by Crippen LogP contribution is 2.55. The Morgan fingerprint density at radius 3 is 1.61 bits per heavy atom. The first kappa shape index (κ1) is 29.8. The van der Waals surface area contributed by atoms with Crippen LogP contribution >= 0.6 is 15.8 Å². The van der Waals surface area contributed by atoms with Gasteiger partial charge >= 0.3 is 0 Å². The normalized spacial score (nSPS) is 17.9. The zero-order chi connectivity index (χ0) is 30.7. The Hall–Kier alpha value is -3.56. The topological polar surface area (TPSA) is 0 Å². The molecule has 228 valence electrons. The summed E-state index contributed by atoms with van der Waals surface area (Å²) in [4.78, 5) is 0. The minimum Gasteiger partial charge on any atom is -0.0800 e. The Bertz CT molecular complexity index is 1780. The predicted molar refractivity (Wildman–Crippen MR) is 203 cm³/mol. The van der Waals surface area contributed by atoms with E-state index < -0.39 is 15.8 Å². The zero-order valence-electron chi connectivity index (χ0n) is 26.6. The highest BCUT2D eigenvalue weighted by Gasteiger charge is 2.37. The van der Waals surface area contributed by atoms with Crippen molar-refractivity contribution >= 4 is 47.9 Å². The van der Waals surface area contributed by atoms with Crippen molar-refractivity contribution in [3.8, 4) is 0 Å². The van der Waals surface area contributed by atoms with E-state index in [1.165, 1.54) is 72.6 Å². The summed E-state index contributed by atoms with van der Waals surface area (Å²) in [6.45, 7) is 0. The van der Waals surface area contributed by atoms with Crippen molar-refractivity contribution in [3.05, 3.63) is 167 Å². The summed E-state index contributed by atoms with van der Waals surface area (Å²) in [6.07, 6.45) is 13.9. The fraction of sp³-hybridized carbons (Fsp3) is 0.227. The van der Waals surface area contributed by atoms with E-state index in [4.69, 9.17) is 0 Å². The summed E-state index contributed by atoms with van der Waals surface area (Å²) in [5.41, 5.74) is 10.4. The average Bonchev–Trinajstić information content (AvgIpc) is 3.14. The average molecular weight is 633 g/mol. The number of fused-ring (bicyclic) bond motifs is 2. The van der Waals surface area contributed by atoms with Gasteiger partial charge in [-0.15, -0.1) is 0 Å². The van der Waals surface area contributed by atoms with Gasteiger partial charge in [-0.3, -0.25) is 0 Å². The molecule has 46 heavy (non-hydrogen) atoms. The Kier molecular flexibility index (Phi) is 8.85. The highest BCUT2D eigenvalue weighted by molar-refractivity contribution is 7.80. The lowest BCUT2D eigenvalue weighted by atomic mass is 9.76. The van der Waals surface area contributed by atoms with Crippen LogP contribution in [0.4, 0.5) is 0 Å². The lowest BCUT2D eigenvalue weighted by molar-refractivity contribution is 0.667. The number of benzene rings is 5. The van der Waals surface area contributed by atoms with Crippen molar-refractivity contribution in [1.29, 1.82) is 0 Å². The van der Waals surface area contributed by atoms with E-state index in [1.54, 1.807) is 38.7 Å². The van der Waals surface area contributed by atoms with E-state index in [2.05, 4.69) is 140 Å². The van der Waals surface area contributed by atoms with E-state index in [0.29, 0.717) is 5.66 Å². The smallest absolute Gasteiger partial charge is 0.0166 e. The van der Waals surface area contributed by atoms with Gasteiger partial charge in [0.05, 0.1) is 0 Å². The van der Waals surface area contributed by atoms with Crippen molar-refractivity contribution in [2.75, 3.05) is 0 Å². The molecule has 5 aromatic carbocycles. The van der Waals surface area contributed by atoms with Gasteiger partial charge in [-0.2, -0.15) is 0 Å². The highest BCUT2D eigenvalue weighted by atomic mass is 31.1. The molecule has 0 bridgehead atoms. The molecule has 0 radical (unpaired) electrons. The summed E-state index contributed by atoms with van der Waals surface area (Å²) in [6, 6.07) is 50.9. The molecule has 0 saturated heterocycles. The van der Waals surface area contributed by atoms with Crippen molar-refractivity contribution in [3.63, 3.8) is 0 Å². The molecule has 0 heterocycles. The van der Waals surface area contributed by atoms with E-state index in [-0.39, 0.29) is 0 Å². The maximum absolute atomic E-state index is 2.66. The summed E-state index contributed by atoms with van der Waals surface area (Å²) < 4.78 is 0. The summed E-state index contributed by atoms with van der Waals surface area (Å²) in [5, 5.41) is 7.47. The summed E-state index contributed by atoms with van der Waals surface area (Å²) >= 11 is 0.